The van der Waals surface area contributed by atoms with E-state index in [1.54, 1.807) is 4.68 Å². The topological polar surface area (TPSA) is 112 Å². The molecule has 9 heteroatoms. The molecule has 8 nitrogen and oxygen atoms in total. The van der Waals surface area contributed by atoms with E-state index in [-0.39, 0.29) is 10.4 Å². The van der Waals surface area contributed by atoms with Gasteiger partial charge in [-0.2, -0.15) is 5.10 Å². The van der Waals surface area contributed by atoms with Crippen molar-refractivity contribution in [3.8, 4) is 5.88 Å². The van der Waals surface area contributed by atoms with Crippen LogP contribution in [0.1, 0.15) is 55.4 Å². The van der Waals surface area contributed by atoms with Gasteiger partial charge in [0.25, 0.3) is 0 Å². The van der Waals surface area contributed by atoms with Gasteiger partial charge in [0.05, 0.1) is 11.7 Å². The number of carbonyl (C=O) groups is 1. The Morgan fingerprint density at radius 2 is 2.21 bits per heavy atom. The fourth-order valence-electron chi connectivity index (χ4n) is 4.69. The Kier molecular flexibility index (Phi) is 3.89. The van der Waals surface area contributed by atoms with E-state index in [9.17, 15) is 9.00 Å². The van der Waals surface area contributed by atoms with Gasteiger partial charge in [0.15, 0.2) is 9.92 Å². The van der Waals surface area contributed by atoms with Gasteiger partial charge in [0.1, 0.15) is 11.5 Å². The van der Waals surface area contributed by atoms with Crippen molar-refractivity contribution in [1.29, 1.82) is 0 Å². The number of amides is 2. The van der Waals surface area contributed by atoms with Crippen LogP contribution in [0.3, 0.4) is 0 Å². The van der Waals surface area contributed by atoms with Crippen molar-refractivity contribution in [3.63, 3.8) is 0 Å². The molecule has 0 saturated heterocycles. The molecule has 2 aliphatic carbocycles. The number of aromatic nitrogens is 2. The molecule has 3 aliphatic rings. The number of anilines is 1. The van der Waals surface area contributed by atoms with Crippen LogP contribution in [-0.4, -0.2) is 26.6 Å². The molecule has 1 aromatic carbocycles. The van der Waals surface area contributed by atoms with Crippen LogP contribution in [-0.2, 0) is 34.7 Å². The first-order chi connectivity index (χ1) is 13.7. The molecule has 0 bridgehead atoms. The third kappa shape index (κ3) is 2.78. The maximum absolute atomic E-state index is 13.1. The highest BCUT2D eigenvalue weighted by Crippen LogP contribution is 2.45. The quantitative estimate of drug-likeness (QED) is 0.785. The van der Waals surface area contributed by atoms with Gasteiger partial charge in [-0.25, -0.2) is 18.8 Å². The Bertz CT molecular complexity index is 1170. The second kappa shape index (κ2) is 6.06. The van der Waals surface area contributed by atoms with Crippen molar-refractivity contribution in [2.45, 2.75) is 62.8 Å². The van der Waals surface area contributed by atoms with Crippen molar-refractivity contribution in [3.05, 3.63) is 34.5 Å². The molecule has 2 heterocycles. The Hall–Kier alpha value is -2.39. The number of carbonyl (C=O) groups excluding carboxylic acids is 1. The summed E-state index contributed by atoms with van der Waals surface area (Å²) in [5.74, 6) is 0.709. The monoisotopic (exact) mass is 415 g/mol. The minimum Gasteiger partial charge on any atom is -0.474 e. The van der Waals surface area contributed by atoms with Crippen LogP contribution < -0.4 is 15.2 Å². The zero-order valence-corrected chi connectivity index (χ0v) is 17.6. The Morgan fingerprint density at radius 1 is 1.41 bits per heavy atom. The van der Waals surface area contributed by atoms with Crippen LogP contribution in [0, 0.1) is 0 Å². The molecule has 2 amide bonds. The third-order valence-corrected chi connectivity index (χ3v) is 7.49. The Morgan fingerprint density at radius 3 is 2.97 bits per heavy atom. The van der Waals surface area contributed by atoms with E-state index in [2.05, 4.69) is 27.8 Å². The van der Waals surface area contributed by atoms with Gasteiger partial charge in [0, 0.05) is 5.69 Å². The maximum Gasteiger partial charge on any atom is 0.354 e. The smallest absolute Gasteiger partial charge is 0.354 e. The number of nitrogens with one attached hydrogen (secondary N) is 1. The minimum absolute atomic E-state index is 0.151. The summed E-state index contributed by atoms with van der Waals surface area (Å²) in [6, 6.07) is 1.57. The summed E-state index contributed by atoms with van der Waals surface area (Å²) >= 11 is 0. The van der Waals surface area contributed by atoms with Crippen molar-refractivity contribution in [2.24, 2.45) is 9.50 Å². The van der Waals surface area contributed by atoms with Gasteiger partial charge in [-0.15, -0.1) is 4.36 Å². The van der Waals surface area contributed by atoms with Gasteiger partial charge in [-0.1, -0.05) is 13.0 Å². The molecule has 0 spiro atoms. The van der Waals surface area contributed by atoms with Crippen LogP contribution in [0.25, 0.3) is 0 Å². The van der Waals surface area contributed by atoms with Crippen LogP contribution in [0.5, 0.6) is 5.88 Å². The van der Waals surface area contributed by atoms with E-state index in [0.29, 0.717) is 18.4 Å². The zero-order valence-electron chi connectivity index (χ0n) is 16.8. The summed E-state index contributed by atoms with van der Waals surface area (Å²) < 4.78 is 24.2. The fourth-order valence-corrected chi connectivity index (χ4v) is 5.68. The molecule has 1 aliphatic heterocycles. The highest BCUT2D eigenvalue weighted by molar-refractivity contribution is 7.91. The lowest BCUT2D eigenvalue weighted by molar-refractivity contribution is 0.259. The van der Waals surface area contributed by atoms with Gasteiger partial charge in [-0.3, -0.25) is 0 Å². The van der Waals surface area contributed by atoms with Gasteiger partial charge in [-0.05, 0) is 67.7 Å². The first kappa shape index (κ1) is 18.6. The van der Waals surface area contributed by atoms with Crippen molar-refractivity contribution in [1.82, 2.24) is 9.78 Å². The number of hydrogen-bond donors (Lipinski definition) is 2. The number of hydrogen-bond acceptors (Lipinski definition) is 4. The van der Waals surface area contributed by atoms with Crippen LogP contribution in [0.2, 0.25) is 0 Å². The molecule has 0 radical (unpaired) electrons. The largest absolute Gasteiger partial charge is 0.474 e. The molecular formula is C20H25N5O3S. The highest BCUT2D eigenvalue weighted by atomic mass is 32.2. The average molecular weight is 416 g/mol. The number of nitrogens with two attached hydrogens (primary N) is 1. The van der Waals surface area contributed by atoms with E-state index in [1.807, 2.05) is 13.8 Å². The summed E-state index contributed by atoms with van der Waals surface area (Å²) in [7, 11) is -3.49. The molecule has 5 rings (SSSR count). The molecular weight excluding hydrogens is 390 g/mol. The zero-order chi connectivity index (χ0) is 20.6. The van der Waals surface area contributed by atoms with Crippen LogP contribution in [0.15, 0.2) is 21.5 Å². The second-order valence-corrected chi connectivity index (χ2v) is 10.6. The summed E-state index contributed by atoms with van der Waals surface area (Å²) in [4.78, 5) is 12.9. The lowest BCUT2D eigenvalue weighted by Gasteiger charge is -2.31. The number of rotatable bonds is 2. The maximum atomic E-state index is 13.1. The van der Waals surface area contributed by atoms with Gasteiger partial charge < -0.3 is 10.1 Å². The average Bonchev–Trinajstić information content (AvgIpc) is 3.30. The number of nitrogens with zero attached hydrogens (tertiary/aromatic N) is 3. The lowest BCUT2D eigenvalue weighted by atomic mass is 9.75. The minimum atomic E-state index is -3.49. The van der Waals surface area contributed by atoms with E-state index >= 15 is 0 Å². The standard InChI is InChI=1S/C20H25N5O3S/c1-11-7-13-8-12-5-4-6-14(12)17(16(11)13)23-19(26)24-29(21,27)15-9-22-25-18(15)28-10-20(25,2)3/h8-9,11H,4-7,10H2,1-3H3,(H3,21,23,24,26,27)/t11-,29+/m0/s1. The molecule has 2 aromatic rings. The SMILES string of the molecule is C[C@H]1Cc2cc3c(c(NC(=O)N=[S@@](N)(=O)c4cnn5c4OCC5(C)C)c21)CCC3. The molecule has 29 heavy (non-hydrogen) atoms. The fraction of sp³-hybridized carbons (Fsp3) is 0.500. The van der Waals surface area contributed by atoms with E-state index < -0.39 is 15.9 Å². The number of benzene rings is 1. The normalized spacial score (nSPS) is 22.6. The molecule has 1 aromatic heterocycles. The van der Waals surface area contributed by atoms with Crippen LogP contribution >= 0.6 is 0 Å². The third-order valence-electron chi connectivity index (χ3n) is 6.14. The number of urea groups is 1. The first-order valence-electron chi connectivity index (χ1n) is 9.92. The predicted octanol–water partition coefficient (Wildman–Crippen LogP) is 3.09. The molecule has 0 saturated carbocycles. The summed E-state index contributed by atoms with van der Waals surface area (Å²) in [5, 5.41) is 13.1. The molecule has 3 N–H and O–H groups in total. The second-order valence-electron chi connectivity index (χ2n) is 8.84. The lowest BCUT2D eigenvalue weighted by Crippen LogP contribution is -2.26. The van der Waals surface area contributed by atoms with Crippen molar-refractivity contribution in [2.75, 3.05) is 11.9 Å². The molecule has 0 fully saturated rings. The number of fused-ring (bicyclic) bond motifs is 3. The number of aryl methyl sites for hydroxylation is 1. The van der Waals surface area contributed by atoms with Crippen molar-refractivity contribution >= 4 is 21.6 Å². The molecule has 154 valence electrons. The first-order valence-corrected chi connectivity index (χ1v) is 11.5. The summed E-state index contributed by atoms with van der Waals surface area (Å²) in [5.41, 5.74) is 5.41. The van der Waals surface area contributed by atoms with Gasteiger partial charge >= 0.3 is 6.03 Å². The highest BCUT2D eigenvalue weighted by Gasteiger charge is 2.37. The Labute approximate surface area is 170 Å². The summed E-state index contributed by atoms with van der Waals surface area (Å²) in [6.07, 6.45) is 5.44. The van der Waals surface area contributed by atoms with E-state index in [0.717, 1.165) is 31.4 Å². The van der Waals surface area contributed by atoms with Crippen molar-refractivity contribution < 1.29 is 13.7 Å². The van der Waals surface area contributed by atoms with E-state index in [4.69, 9.17) is 9.88 Å². The molecule has 2 atom stereocenters. The van der Waals surface area contributed by atoms with E-state index in [1.165, 1.54) is 28.5 Å². The predicted molar refractivity (Wildman–Crippen MR) is 110 cm³/mol. The van der Waals surface area contributed by atoms with Gasteiger partial charge in [0.2, 0.25) is 5.88 Å². The summed E-state index contributed by atoms with van der Waals surface area (Å²) in [6.45, 7) is 6.46. The Balaban J connectivity index is 1.49. The van der Waals surface area contributed by atoms with Crippen LogP contribution in [0.4, 0.5) is 10.5 Å². The number of ether oxygens (including phenoxy) is 1. The molecule has 0 unspecified atom stereocenters.